The first kappa shape index (κ1) is 21.6. The zero-order chi connectivity index (χ0) is 22.8. The third-order valence-corrected chi connectivity index (χ3v) is 5.51. The van der Waals surface area contributed by atoms with Crippen LogP contribution < -0.4 is 4.74 Å². The summed E-state index contributed by atoms with van der Waals surface area (Å²) >= 11 is 0. The molecule has 1 aromatic carbocycles. The molecule has 32 heavy (non-hydrogen) atoms. The van der Waals surface area contributed by atoms with Crippen LogP contribution in [0.1, 0.15) is 29.9 Å². The molecule has 3 aromatic rings. The standard InChI is InChI=1S/C24H25N3O5/c1-4-32-17-10-8-16(9-11-17)21-19(23(29)24(30)27(21)13-14-31-3)22(28)20-15(2)25-18-7-5-6-12-26(18)20/h5-12,21,28H,4,13-14H2,1-3H3/b22-19+. The number of rotatable bonds is 7. The lowest BCUT2D eigenvalue weighted by atomic mass is 9.96. The molecule has 8 heteroatoms. The van der Waals surface area contributed by atoms with Crippen molar-refractivity contribution in [2.24, 2.45) is 0 Å². The molecule has 0 spiro atoms. The van der Waals surface area contributed by atoms with Gasteiger partial charge in [0, 0.05) is 19.9 Å². The van der Waals surface area contributed by atoms with Crippen LogP contribution in [-0.2, 0) is 14.3 Å². The van der Waals surface area contributed by atoms with Gasteiger partial charge in [0.2, 0.25) is 0 Å². The number of likely N-dealkylation sites (tertiary alicyclic amines) is 1. The van der Waals surface area contributed by atoms with Gasteiger partial charge < -0.3 is 19.5 Å². The molecule has 4 rings (SSSR count). The van der Waals surface area contributed by atoms with Gasteiger partial charge >= 0.3 is 0 Å². The lowest BCUT2D eigenvalue weighted by Gasteiger charge is -2.25. The van der Waals surface area contributed by atoms with E-state index in [0.717, 1.165) is 0 Å². The van der Waals surface area contributed by atoms with Gasteiger partial charge in [0.05, 0.1) is 30.5 Å². The molecule has 2 aromatic heterocycles. The molecule has 1 aliphatic rings. The number of methoxy groups -OCH3 is 1. The van der Waals surface area contributed by atoms with Gasteiger partial charge in [-0.1, -0.05) is 18.2 Å². The summed E-state index contributed by atoms with van der Waals surface area (Å²) in [5.41, 5.74) is 2.31. The van der Waals surface area contributed by atoms with Crippen LogP contribution in [0.15, 0.2) is 54.2 Å². The van der Waals surface area contributed by atoms with E-state index in [0.29, 0.717) is 35.0 Å². The number of ether oxygens (including phenoxy) is 2. The molecule has 0 aliphatic carbocycles. The zero-order valence-electron chi connectivity index (χ0n) is 18.2. The molecule has 166 valence electrons. The van der Waals surface area contributed by atoms with Crippen molar-refractivity contribution in [2.45, 2.75) is 19.9 Å². The van der Waals surface area contributed by atoms with E-state index in [1.165, 1.54) is 12.0 Å². The molecule has 0 radical (unpaired) electrons. The van der Waals surface area contributed by atoms with Crippen molar-refractivity contribution in [3.8, 4) is 5.75 Å². The average Bonchev–Trinajstić information content (AvgIpc) is 3.26. The van der Waals surface area contributed by atoms with E-state index in [2.05, 4.69) is 4.98 Å². The topological polar surface area (TPSA) is 93.4 Å². The fraction of sp³-hybridized carbons (Fsp3) is 0.292. The van der Waals surface area contributed by atoms with Crippen molar-refractivity contribution in [3.63, 3.8) is 0 Å². The van der Waals surface area contributed by atoms with Gasteiger partial charge in [-0.15, -0.1) is 0 Å². The van der Waals surface area contributed by atoms with Gasteiger partial charge in [-0.2, -0.15) is 0 Å². The van der Waals surface area contributed by atoms with E-state index in [1.54, 1.807) is 41.8 Å². The Kier molecular flexibility index (Phi) is 5.96. The number of hydrogen-bond acceptors (Lipinski definition) is 6. The first-order valence-electron chi connectivity index (χ1n) is 10.4. The molecule has 0 bridgehead atoms. The van der Waals surface area contributed by atoms with Crippen molar-refractivity contribution in [1.82, 2.24) is 14.3 Å². The Hall–Kier alpha value is -3.65. The van der Waals surface area contributed by atoms with Gasteiger partial charge in [-0.05, 0) is 43.7 Å². The highest BCUT2D eigenvalue weighted by Gasteiger charge is 2.46. The number of imidazole rings is 1. The predicted molar refractivity (Wildman–Crippen MR) is 118 cm³/mol. The number of carbonyl (C=O) groups excluding carboxylic acids is 2. The first-order chi connectivity index (χ1) is 15.5. The summed E-state index contributed by atoms with van der Waals surface area (Å²) in [6.45, 7) is 4.65. The lowest BCUT2D eigenvalue weighted by Crippen LogP contribution is -2.32. The molecule has 1 atom stereocenters. The third-order valence-electron chi connectivity index (χ3n) is 5.51. The fourth-order valence-electron chi connectivity index (χ4n) is 4.09. The largest absolute Gasteiger partial charge is 0.505 e. The highest BCUT2D eigenvalue weighted by atomic mass is 16.5. The van der Waals surface area contributed by atoms with Crippen molar-refractivity contribution >= 4 is 23.1 Å². The summed E-state index contributed by atoms with van der Waals surface area (Å²) in [4.78, 5) is 31.9. The second kappa shape index (κ2) is 8.84. The smallest absolute Gasteiger partial charge is 0.295 e. The highest BCUT2D eigenvalue weighted by molar-refractivity contribution is 6.46. The highest BCUT2D eigenvalue weighted by Crippen LogP contribution is 2.40. The second-order valence-corrected chi connectivity index (χ2v) is 7.46. The normalized spacial score (nSPS) is 18.0. The van der Waals surface area contributed by atoms with E-state index in [-0.39, 0.29) is 24.5 Å². The summed E-state index contributed by atoms with van der Waals surface area (Å²) in [5, 5.41) is 11.4. The lowest BCUT2D eigenvalue weighted by molar-refractivity contribution is -0.140. The number of fused-ring (bicyclic) bond motifs is 1. The Labute approximate surface area is 185 Å². The molecule has 0 saturated carbocycles. The van der Waals surface area contributed by atoms with Crippen LogP contribution in [0.2, 0.25) is 0 Å². The molecule has 3 heterocycles. The Bertz CT molecular complexity index is 1200. The molecule has 1 aliphatic heterocycles. The Balaban J connectivity index is 1.89. The number of benzene rings is 1. The molecular weight excluding hydrogens is 410 g/mol. The van der Waals surface area contributed by atoms with Gasteiger partial charge in [-0.25, -0.2) is 4.98 Å². The van der Waals surface area contributed by atoms with E-state index in [1.807, 2.05) is 25.1 Å². The quantitative estimate of drug-likeness (QED) is 0.348. The van der Waals surface area contributed by atoms with Gasteiger partial charge in [0.25, 0.3) is 11.7 Å². The minimum Gasteiger partial charge on any atom is -0.505 e. The summed E-state index contributed by atoms with van der Waals surface area (Å²) in [6, 6.07) is 11.9. The van der Waals surface area contributed by atoms with Crippen LogP contribution >= 0.6 is 0 Å². The first-order valence-corrected chi connectivity index (χ1v) is 10.4. The van der Waals surface area contributed by atoms with Gasteiger partial charge in [0.1, 0.15) is 17.1 Å². The molecule has 8 nitrogen and oxygen atoms in total. The van der Waals surface area contributed by atoms with E-state index >= 15 is 0 Å². The predicted octanol–water partition coefficient (Wildman–Crippen LogP) is 3.11. The number of aromatic nitrogens is 2. The number of aryl methyl sites for hydroxylation is 1. The summed E-state index contributed by atoms with van der Waals surface area (Å²) in [7, 11) is 1.53. The van der Waals surface area contributed by atoms with Crippen molar-refractivity contribution in [2.75, 3.05) is 26.9 Å². The monoisotopic (exact) mass is 435 g/mol. The van der Waals surface area contributed by atoms with Crippen LogP contribution in [0.5, 0.6) is 5.75 Å². The number of aliphatic hydroxyl groups excluding tert-OH is 1. The Morgan fingerprint density at radius 3 is 2.59 bits per heavy atom. The van der Waals surface area contributed by atoms with Crippen LogP contribution in [0.25, 0.3) is 11.4 Å². The number of amides is 1. The Morgan fingerprint density at radius 1 is 1.16 bits per heavy atom. The summed E-state index contributed by atoms with van der Waals surface area (Å²) in [5.74, 6) is -0.974. The number of aliphatic hydroxyl groups is 1. The molecular formula is C24H25N3O5. The second-order valence-electron chi connectivity index (χ2n) is 7.46. The minimum atomic E-state index is -0.755. The molecule has 1 fully saturated rings. The van der Waals surface area contributed by atoms with Crippen molar-refractivity contribution < 1.29 is 24.2 Å². The van der Waals surface area contributed by atoms with Crippen molar-refractivity contribution in [3.05, 3.63) is 71.2 Å². The van der Waals surface area contributed by atoms with Crippen LogP contribution in [0.3, 0.4) is 0 Å². The SMILES string of the molecule is CCOc1ccc(C2/C(=C(\O)c3c(C)nc4ccccn34)C(=O)C(=O)N2CCOC)cc1. The number of hydrogen-bond donors (Lipinski definition) is 1. The zero-order valence-corrected chi connectivity index (χ0v) is 18.2. The number of nitrogens with zero attached hydrogens (tertiary/aromatic N) is 3. The van der Waals surface area contributed by atoms with E-state index in [9.17, 15) is 14.7 Å². The van der Waals surface area contributed by atoms with E-state index < -0.39 is 17.7 Å². The minimum absolute atomic E-state index is 0.0315. The number of carbonyl (C=O) groups is 2. The number of Topliss-reactive ketones (excluding diaryl/α,β-unsaturated/α-hetero) is 1. The van der Waals surface area contributed by atoms with Crippen LogP contribution in [0.4, 0.5) is 0 Å². The maximum Gasteiger partial charge on any atom is 0.295 e. The maximum atomic E-state index is 13.1. The molecule has 1 N–H and O–H groups in total. The van der Waals surface area contributed by atoms with Gasteiger partial charge in [-0.3, -0.25) is 14.0 Å². The Morgan fingerprint density at radius 2 is 1.91 bits per heavy atom. The summed E-state index contributed by atoms with van der Waals surface area (Å²) < 4.78 is 12.4. The molecule has 1 unspecified atom stereocenters. The summed E-state index contributed by atoms with van der Waals surface area (Å²) in [6.07, 6.45) is 1.76. The molecule has 1 saturated heterocycles. The number of pyridine rings is 1. The maximum absolute atomic E-state index is 13.1. The van der Waals surface area contributed by atoms with Crippen LogP contribution in [-0.4, -0.2) is 57.9 Å². The van der Waals surface area contributed by atoms with E-state index in [4.69, 9.17) is 9.47 Å². The average molecular weight is 435 g/mol. The van der Waals surface area contributed by atoms with Gasteiger partial charge in [0.15, 0.2) is 5.76 Å². The van der Waals surface area contributed by atoms with Crippen LogP contribution in [0, 0.1) is 6.92 Å². The number of ketones is 1. The fourth-order valence-corrected chi connectivity index (χ4v) is 4.09. The molecule has 1 amide bonds. The third kappa shape index (κ3) is 3.62. The van der Waals surface area contributed by atoms with Crippen molar-refractivity contribution in [1.29, 1.82) is 0 Å².